The van der Waals surface area contributed by atoms with Gasteiger partial charge in [-0.3, -0.25) is 4.72 Å². The summed E-state index contributed by atoms with van der Waals surface area (Å²) in [4.78, 5) is 4.13. The van der Waals surface area contributed by atoms with Crippen LogP contribution in [0.3, 0.4) is 0 Å². The Morgan fingerprint density at radius 3 is 2.67 bits per heavy atom. The molecule has 0 atom stereocenters. The molecule has 1 aliphatic carbocycles. The topological polar surface area (TPSA) is 59.1 Å². The van der Waals surface area contributed by atoms with Crippen molar-refractivity contribution in [3.05, 3.63) is 22.3 Å². The van der Waals surface area contributed by atoms with Crippen LogP contribution in [0.2, 0.25) is 0 Å². The van der Waals surface area contributed by atoms with Crippen molar-refractivity contribution in [2.75, 3.05) is 4.72 Å². The van der Waals surface area contributed by atoms with Crippen molar-refractivity contribution in [1.29, 1.82) is 0 Å². The second kappa shape index (κ2) is 3.75. The van der Waals surface area contributed by atoms with Crippen LogP contribution < -0.4 is 4.72 Å². The van der Waals surface area contributed by atoms with Crippen molar-refractivity contribution in [2.45, 2.75) is 25.0 Å². The lowest BCUT2D eigenvalue weighted by molar-refractivity contribution is 0.600. The summed E-state index contributed by atoms with van der Waals surface area (Å²) in [7, 11) is -3.20. The standard InChI is InChI=1S/C9H11BrN2O2S/c1-6-8(10)4-5-9(11-6)12-15(13,14)7-2-3-7/h4-5,7H,2-3H2,1H3,(H,11,12). The van der Waals surface area contributed by atoms with Gasteiger partial charge >= 0.3 is 0 Å². The quantitative estimate of drug-likeness (QED) is 0.927. The molecule has 4 nitrogen and oxygen atoms in total. The number of anilines is 1. The van der Waals surface area contributed by atoms with Gasteiger partial charge in [0.15, 0.2) is 0 Å². The molecule has 1 aromatic heterocycles. The maximum atomic E-state index is 11.6. The summed E-state index contributed by atoms with van der Waals surface area (Å²) in [5.74, 6) is 0.391. The summed E-state index contributed by atoms with van der Waals surface area (Å²) in [5, 5.41) is -0.219. The molecule has 82 valence electrons. The highest BCUT2D eigenvalue weighted by Crippen LogP contribution is 2.29. The number of nitrogens with zero attached hydrogens (tertiary/aromatic N) is 1. The minimum atomic E-state index is -3.20. The minimum Gasteiger partial charge on any atom is -0.267 e. The van der Waals surface area contributed by atoms with E-state index in [1.807, 2.05) is 6.92 Å². The molecule has 2 rings (SSSR count). The van der Waals surface area contributed by atoms with E-state index in [1.54, 1.807) is 12.1 Å². The molecule has 0 aliphatic heterocycles. The minimum absolute atomic E-state index is 0.219. The van der Waals surface area contributed by atoms with Gasteiger partial charge in [0.2, 0.25) is 10.0 Å². The van der Waals surface area contributed by atoms with Crippen molar-refractivity contribution < 1.29 is 8.42 Å². The van der Waals surface area contributed by atoms with Crippen LogP contribution in [0, 0.1) is 6.92 Å². The molecule has 0 spiro atoms. The fourth-order valence-corrected chi connectivity index (χ4v) is 2.76. The van der Waals surface area contributed by atoms with Gasteiger partial charge in [0.05, 0.1) is 10.9 Å². The first-order chi connectivity index (χ1) is 6.99. The first-order valence-electron chi connectivity index (χ1n) is 4.64. The fraction of sp³-hybridized carbons (Fsp3) is 0.444. The van der Waals surface area contributed by atoms with Crippen LogP contribution in [0.4, 0.5) is 5.82 Å². The second-order valence-electron chi connectivity index (χ2n) is 3.61. The predicted octanol–water partition coefficient (Wildman–Crippen LogP) is 2.06. The molecule has 1 fully saturated rings. The summed E-state index contributed by atoms with van der Waals surface area (Å²) in [6, 6.07) is 3.43. The first kappa shape index (κ1) is 10.9. The van der Waals surface area contributed by atoms with Crippen LogP contribution in [-0.2, 0) is 10.0 Å². The zero-order chi connectivity index (χ0) is 11.1. The Kier molecular flexibility index (Phi) is 2.72. The third-order valence-electron chi connectivity index (χ3n) is 2.23. The molecule has 1 saturated carbocycles. The van der Waals surface area contributed by atoms with Crippen LogP contribution >= 0.6 is 15.9 Å². The average Bonchev–Trinajstić information content (AvgIpc) is 2.93. The molecular formula is C9H11BrN2O2S. The van der Waals surface area contributed by atoms with E-state index >= 15 is 0 Å². The second-order valence-corrected chi connectivity index (χ2v) is 6.43. The SMILES string of the molecule is Cc1nc(NS(=O)(=O)C2CC2)ccc1Br. The van der Waals surface area contributed by atoms with Gasteiger partial charge < -0.3 is 0 Å². The van der Waals surface area contributed by atoms with E-state index in [0.29, 0.717) is 5.82 Å². The molecule has 0 saturated heterocycles. The maximum Gasteiger partial charge on any atom is 0.236 e. The van der Waals surface area contributed by atoms with Gasteiger partial charge in [-0.05, 0) is 47.8 Å². The number of rotatable bonds is 3. The highest BCUT2D eigenvalue weighted by molar-refractivity contribution is 9.10. The van der Waals surface area contributed by atoms with Crippen molar-refractivity contribution in [3.8, 4) is 0 Å². The summed E-state index contributed by atoms with van der Waals surface area (Å²) < 4.78 is 26.6. The number of aromatic nitrogens is 1. The molecule has 1 heterocycles. The van der Waals surface area contributed by atoms with Gasteiger partial charge in [-0.15, -0.1) is 0 Å². The number of hydrogen-bond acceptors (Lipinski definition) is 3. The monoisotopic (exact) mass is 290 g/mol. The molecule has 0 amide bonds. The molecule has 0 unspecified atom stereocenters. The van der Waals surface area contributed by atoms with E-state index in [9.17, 15) is 8.42 Å². The predicted molar refractivity (Wildman–Crippen MR) is 62.2 cm³/mol. The van der Waals surface area contributed by atoms with Gasteiger partial charge in [0.25, 0.3) is 0 Å². The van der Waals surface area contributed by atoms with Gasteiger partial charge in [-0.2, -0.15) is 0 Å². The van der Waals surface area contributed by atoms with Gasteiger partial charge in [-0.1, -0.05) is 0 Å². The Morgan fingerprint density at radius 2 is 2.13 bits per heavy atom. The fourth-order valence-electron chi connectivity index (χ4n) is 1.21. The lowest BCUT2D eigenvalue weighted by atomic mass is 10.4. The van der Waals surface area contributed by atoms with E-state index in [-0.39, 0.29) is 5.25 Å². The van der Waals surface area contributed by atoms with E-state index < -0.39 is 10.0 Å². The van der Waals surface area contributed by atoms with Crippen LogP contribution in [0.25, 0.3) is 0 Å². The lowest BCUT2D eigenvalue weighted by Gasteiger charge is -2.07. The first-order valence-corrected chi connectivity index (χ1v) is 6.98. The molecule has 6 heteroatoms. The van der Waals surface area contributed by atoms with E-state index in [0.717, 1.165) is 23.0 Å². The third kappa shape index (κ3) is 2.49. The number of sulfonamides is 1. The van der Waals surface area contributed by atoms with Gasteiger partial charge in [-0.25, -0.2) is 13.4 Å². The number of nitrogens with one attached hydrogen (secondary N) is 1. The Labute approximate surface area is 97.3 Å². The van der Waals surface area contributed by atoms with E-state index in [4.69, 9.17) is 0 Å². The normalized spacial score (nSPS) is 16.4. The van der Waals surface area contributed by atoms with E-state index in [2.05, 4.69) is 25.6 Å². The van der Waals surface area contributed by atoms with Gasteiger partial charge in [0, 0.05) is 4.47 Å². The Hall–Kier alpha value is -0.620. The number of halogens is 1. The van der Waals surface area contributed by atoms with Crippen molar-refractivity contribution in [1.82, 2.24) is 4.98 Å². The summed E-state index contributed by atoms with van der Waals surface area (Å²) in [5.41, 5.74) is 0.769. The average molecular weight is 291 g/mol. The van der Waals surface area contributed by atoms with E-state index in [1.165, 1.54) is 0 Å². The van der Waals surface area contributed by atoms with Crippen molar-refractivity contribution in [3.63, 3.8) is 0 Å². The Bertz CT molecular complexity index is 483. The Balaban J connectivity index is 2.21. The van der Waals surface area contributed by atoms with Crippen LogP contribution in [0.15, 0.2) is 16.6 Å². The number of aryl methyl sites for hydroxylation is 1. The molecule has 0 bridgehead atoms. The zero-order valence-corrected chi connectivity index (χ0v) is 10.6. The molecule has 0 radical (unpaired) electrons. The number of pyridine rings is 1. The molecular weight excluding hydrogens is 280 g/mol. The molecule has 1 N–H and O–H groups in total. The van der Waals surface area contributed by atoms with Crippen molar-refractivity contribution >= 4 is 31.8 Å². The smallest absolute Gasteiger partial charge is 0.236 e. The third-order valence-corrected chi connectivity index (χ3v) is 4.91. The van der Waals surface area contributed by atoms with Gasteiger partial charge in [0.1, 0.15) is 5.82 Å². The van der Waals surface area contributed by atoms with Crippen molar-refractivity contribution in [2.24, 2.45) is 0 Å². The largest absolute Gasteiger partial charge is 0.267 e. The van der Waals surface area contributed by atoms with Crippen LogP contribution in [-0.4, -0.2) is 18.7 Å². The molecule has 15 heavy (non-hydrogen) atoms. The maximum absolute atomic E-state index is 11.6. The summed E-state index contributed by atoms with van der Waals surface area (Å²) >= 11 is 3.31. The summed E-state index contributed by atoms with van der Waals surface area (Å²) in [6.45, 7) is 1.82. The molecule has 1 aromatic rings. The lowest BCUT2D eigenvalue weighted by Crippen LogP contribution is -2.18. The highest BCUT2D eigenvalue weighted by atomic mass is 79.9. The van der Waals surface area contributed by atoms with Crippen LogP contribution in [0.5, 0.6) is 0 Å². The zero-order valence-electron chi connectivity index (χ0n) is 8.20. The summed E-state index contributed by atoms with van der Waals surface area (Å²) in [6.07, 6.45) is 1.51. The van der Waals surface area contributed by atoms with Crippen LogP contribution in [0.1, 0.15) is 18.5 Å². The number of hydrogen-bond donors (Lipinski definition) is 1. The highest BCUT2D eigenvalue weighted by Gasteiger charge is 2.35. The molecule has 1 aliphatic rings. The Morgan fingerprint density at radius 1 is 1.47 bits per heavy atom. The molecule has 0 aromatic carbocycles.